The molecule has 3 aromatic carbocycles. The number of amides is 2. The van der Waals surface area contributed by atoms with E-state index < -0.39 is 7.92 Å². The Balaban J connectivity index is 0.857. The number of halogens is 1. The van der Waals surface area contributed by atoms with Gasteiger partial charge in [-0.05, 0) is 88.9 Å². The smallest absolute Gasteiger partial charge is 0.261 e. The second-order valence-corrected chi connectivity index (χ2v) is 18.5. The maximum absolute atomic E-state index is 13.0. The number of para-hydroxylation sites is 1. The molecule has 1 aromatic heterocycles. The molecule has 59 heavy (non-hydrogen) atoms. The van der Waals surface area contributed by atoms with Crippen molar-refractivity contribution in [3.63, 3.8) is 0 Å². The van der Waals surface area contributed by atoms with E-state index in [1.165, 1.54) is 11.1 Å². The van der Waals surface area contributed by atoms with Crippen molar-refractivity contribution in [2.24, 2.45) is 0 Å². The van der Waals surface area contributed by atoms with Crippen LogP contribution in [-0.2, 0) is 0 Å². The summed E-state index contributed by atoms with van der Waals surface area (Å²) in [4.78, 5) is 44.0. The number of anilines is 6. The highest BCUT2D eigenvalue weighted by molar-refractivity contribution is 7.64. The summed E-state index contributed by atoms with van der Waals surface area (Å²) in [5.74, 6) is 0.801. The van der Waals surface area contributed by atoms with E-state index in [1.807, 2.05) is 49.4 Å². The lowest BCUT2D eigenvalue weighted by molar-refractivity contribution is 0.0589. The Morgan fingerprint density at radius 1 is 0.983 bits per heavy atom. The number of carbonyl (C=O) groups excluding carboxylic acids is 2. The standard InChI is InChI=1S/C44H57ClN9O4P/c1-6-10-30(2)53-42(55)34-15-13-31(27-35(34)43(53)56)46-19-9-20-50-23-25-52(26-24-50)32-17-21-51(22-18-32)33-14-16-37(39(28-33)58-3)48-44-47-29-36(45)41(49-44)54(57)38-11-7-8-12-40(38)59(4)5/h7-8,11-16,27-30,32,46,57H,6,9-10,17-26H2,1-5H3,(H,47,48,49). The van der Waals surface area contributed by atoms with Crippen LogP contribution in [0.15, 0.2) is 66.9 Å². The topological polar surface area (TPSA) is 130 Å². The maximum atomic E-state index is 13.0. The number of piperazine rings is 1. The van der Waals surface area contributed by atoms with Gasteiger partial charge in [0.2, 0.25) is 5.95 Å². The van der Waals surface area contributed by atoms with Crippen LogP contribution in [0.3, 0.4) is 0 Å². The number of rotatable bonds is 16. The first-order valence-corrected chi connectivity index (χ1v) is 23.4. The summed E-state index contributed by atoms with van der Waals surface area (Å²) < 4.78 is 5.82. The molecule has 3 N–H and O–H groups in total. The molecule has 4 heterocycles. The van der Waals surface area contributed by atoms with Crippen LogP contribution in [0.25, 0.3) is 0 Å². The van der Waals surface area contributed by atoms with Gasteiger partial charge < -0.3 is 25.2 Å². The lowest BCUT2D eigenvalue weighted by atomic mass is 10.0. The third-order valence-corrected chi connectivity index (χ3v) is 13.4. The van der Waals surface area contributed by atoms with Crippen LogP contribution in [0.5, 0.6) is 5.75 Å². The van der Waals surface area contributed by atoms with E-state index in [0.29, 0.717) is 34.3 Å². The van der Waals surface area contributed by atoms with E-state index in [4.69, 9.17) is 16.3 Å². The highest BCUT2D eigenvalue weighted by atomic mass is 35.5. The first-order chi connectivity index (χ1) is 28.6. The molecule has 2 amide bonds. The minimum atomic E-state index is -0.477. The van der Waals surface area contributed by atoms with E-state index in [2.05, 4.69) is 67.7 Å². The maximum Gasteiger partial charge on any atom is 0.261 e. The highest BCUT2D eigenvalue weighted by Crippen LogP contribution is 2.37. The summed E-state index contributed by atoms with van der Waals surface area (Å²) in [5.41, 5.74) is 4.37. The number of ether oxygens (including phenoxy) is 1. The first-order valence-electron chi connectivity index (χ1n) is 20.8. The number of imide groups is 1. The van der Waals surface area contributed by atoms with Gasteiger partial charge in [0.05, 0.1) is 35.8 Å². The molecular weight excluding hydrogens is 785 g/mol. The SMILES string of the molecule is CCCC(C)N1C(=O)c2ccc(NCCCN3CCN(C4CCN(c5ccc(Nc6ncc(Cl)c(N(O)c7ccccc7P(C)C)n6)c(OC)c5)CC4)CC3)cc2C1=O. The Morgan fingerprint density at radius 3 is 2.46 bits per heavy atom. The zero-order chi connectivity index (χ0) is 41.6. The zero-order valence-electron chi connectivity index (χ0n) is 34.8. The predicted molar refractivity (Wildman–Crippen MR) is 240 cm³/mol. The van der Waals surface area contributed by atoms with Gasteiger partial charge in [-0.1, -0.05) is 51.1 Å². The van der Waals surface area contributed by atoms with Crippen molar-refractivity contribution >= 4 is 71.2 Å². The monoisotopic (exact) mass is 841 g/mol. The van der Waals surface area contributed by atoms with Gasteiger partial charge in [-0.2, -0.15) is 4.98 Å². The lowest BCUT2D eigenvalue weighted by Gasteiger charge is -2.43. The van der Waals surface area contributed by atoms with E-state index in [1.54, 1.807) is 13.2 Å². The number of benzene rings is 3. The molecule has 0 saturated carbocycles. The quantitative estimate of drug-likeness (QED) is 0.0444. The fourth-order valence-corrected chi connectivity index (χ4v) is 9.68. The number of carbonyl (C=O) groups is 2. The Labute approximate surface area is 354 Å². The van der Waals surface area contributed by atoms with Crippen LogP contribution in [0.2, 0.25) is 5.02 Å². The van der Waals surface area contributed by atoms with Crippen molar-refractivity contribution in [3.05, 3.63) is 83.0 Å². The van der Waals surface area contributed by atoms with Gasteiger partial charge in [-0.25, -0.2) is 10.0 Å². The first kappa shape index (κ1) is 42.6. The van der Waals surface area contributed by atoms with Gasteiger partial charge in [0, 0.05) is 80.6 Å². The number of methoxy groups -OCH3 is 1. The molecule has 0 spiro atoms. The number of piperidine rings is 1. The third kappa shape index (κ3) is 9.60. The Bertz CT molecular complexity index is 2110. The molecule has 2 saturated heterocycles. The third-order valence-electron chi connectivity index (χ3n) is 11.7. The molecule has 0 radical (unpaired) electrons. The fraction of sp³-hybridized carbons (Fsp3) is 0.455. The Hall–Kier alpha value is -4.52. The molecule has 3 aliphatic heterocycles. The van der Waals surface area contributed by atoms with Crippen LogP contribution >= 0.6 is 19.5 Å². The van der Waals surface area contributed by atoms with Crippen LogP contribution < -0.4 is 30.6 Å². The Morgan fingerprint density at radius 2 is 1.73 bits per heavy atom. The number of nitrogens with zero attached hydrogens (tertiary/aromatic N) is 7. The fourth-order valence-electron chi connectivity index (χ4n) is 8.50. The van der Waals surface area contributed by atoms with Gasteiger partial charge in [0.15, 0.2) is 5.82 Å². The second kappa shape index (κ2) is 19.2. The zero-order valence-corrected chi connectivity index (χ0v) is 36.5. The molecule has 3 aliphatic rings. The predicted octanol–water partition coefficient (Wildman–Crippen LogP) is 7.65. The van der Waals surface area contributed by atoms with Crippen LogP contribution in [0.1, 0.15) is 66.7 Å². The molecule has 4 aromatic rings. The summed E-state index contributed by atoms with van der Waals surface area (Å²) >= 11 is 6.48. The van der Waals surface area contributed by atoms with Crippen molar-refractivity contribution in [1.29, 1.82) is 0 Å². The van der Waals surface area contributed by atoms with Gasteiger partial charge >= 0.3 is 0 Å². The Kier molecular flexibility index (Phi) is 13.9. The number of fused-ring (bicyclic) bond motifs is 1. The van der Waals surface area contributed by atoms with Crippen LogP contribution in [0.4, 0.5) is 34.5 Å². The lowest BCUT2D eigenvalue weighted by Crippen LogP contribution is -2.53. The normalized spacial score (nSPS) is 17.1. The van der Waals surface area contributed by atoms with E-state index in [0.717, 1.165) is 106 Å². The average molecular weight is 842 g/mol. The van der Waals surface area contributed by atoms with E-state index >= 15 is 0 Å². The van der Waals surface area contributed by atoms with Gasteiger partial charge in [-0.15, -0.1) is 0 Å². The minimum Gasteiger partial charge on any atom is -0.494 e. The molecule has 2 fully saturated rings. The molecule has 15 heteroatoms. The molecule has 0 aliphatic carbocycles. The molecule has 7 rings (SSSR count). The van der Waals surface area contributed by atoms with Crippen LogP contribution in [-0.4, -0.2) is 127 Å². The molecule has 314 valence electrons. The summed E-state index contributed by atoms with van der Waals surface area (Å²) in [6, 6.07) is 19.9. The molecular formula is C44H57ClN9O4P. The molecule has 13 nitrogen and oxygen atoms in total. The molecule has 1 atom stereocenters. The van der Waals surface area contributed by atoms with Gasteiger partial charge in [0.25, 0.3) is 11.8 Å². The largest absolute Gasteiger partial charge is 0.494 e. The van der Waals surface area contributed by atoms with E-state index in [-0.39, 0.29) is 34.6 Å². The van der Waals surface area contributed by atoms with Crippen molar-refractivity contribution in [2.45, 2.75) is 58.0 Å². The van der Waals surface area contributed by atoms with E-state index in [9.17, 15) is 14.8 Å². The van der Waals surface area contributed by atoms with Gasteiger partial charge in [0.1, 0.15) is 10.8 Å². The summed E-state index contributed by atoms with van der Waals surface area (Å²) in [6.07, 6.45) is 6.44. The number of hydrogen-bond acceptors (Lipinski definition) is 12. The number of nitrogens with one attached hydrogen (secondary N) is 2. The van der Waals surface area contributed by atoms with Crippen LogP contribution in [0, 0.1) is 0 Å². The van der Waals surface area contributed by atoms with Crippen molar-refractivity contribution in [1.82, 2.24) is 24.7 Å². The molecule has 0 bridgehead atoms. The highest BCUT2D eigenvalue weighted by Gasteiger charge is 2.38. The van der Waals surface area contributed by atoms with Crippen molar-refractivity contribution in [2.75, 3.05) is 93.4 Å². The summed E-state index contributed by atoms with van der Waals surface area (Å²) in [6.45, 7) is 16.3. The average Bonchev–Trinajstić information content (AvgIpc) is 3.51. The number of aromatic nitrogens is 2. The van der Waals surface area contributed by atoms with Crippen molar-refractivity contribution in [3.8, 4) is 5.75 Å². The summed E-state index contributed by atoms with van der Waals surface area (Å²) in [5, 5.41) is 20.3. The number of hydrogen-bond donors (Lipinski definition) is 3. The summed E-state index contributed by atoms with van der Waals surface area (Å²) in [7, 11) is 1.18. The van der Waals surface area contributed by atoms with Crippen molar-refractivity contribution < 1.29 is 19.5 Å². The molecule has 1 unspecified atom stereocenters. The minimum absolute atomic E-state index is 0.0932. The second-order valence-electron chi connectivity index (χ2n) is 15.8. The van der Waals surface area contributed by atoms with Gasteiger partial charge in [-0.3, -0.25) is 24.6 Å².